The van der Waals surface area contributed by atoms with Gasteiger partial charge in [-0.3, -0.25) is 4.79 Å². The van der Waals surface area contributed by atoms with E-state index in [4.69, 9.17) is 16.7 Å². The van der Waals surface area contributed by atoms with E-state index in [1.807, 2.05) is 30.3 Å². The maximum atomic E-state index is 12.1. The summed E-state index contributed by atoms with van der Waals surface area (Å²) in [5, 5.41) is 16.1. The van der Waals surface area contributed by atoms with E-state index in [0.717, 1.165) is 5.56 Å². The van der Waals surface area contributed by atoms with E-state index in [0.29, 0.717) is 35.9 Å². The van der Waals surface area contributed by atoms with Crippen molar-refractivity contribution in [2.24, 2.45) is 0 Å². The molecular formula is C15H18ClN3O2. The quantitative estimate of drug-likeness (QED) is 0.802. The third-order valence-corrected chi connectivity index (χ3v) is 3.47. The number of aliphatic hydroxyl groups is 1. The SMILES string of the molecule is Cc1nn(Cc2ccccc2)c(Cl)c1C(=O)NCCCO. The predicted octanol–water partition coefficient (Wildman–Crippen LogP) is 2.01. The number of nitrogens with one attached hydrogen (secondary N) is 1. The topological polar surface area (TPSA) is 67.2 Å². The summed E-state index contributed by atoms with van der Waals surface area (Å²) < 4.78 is 1.62. The number of nitrogens with zero attached hydrogens (tertiary/aromatic N) is 2. The average molecular weight is 308 g/mol. The van der Waals surface area contributed by atoms with E-state index in [9.17, 15) is 4.79 Å². The molecule has 112 valence electrons. The summed E-state index contributed by atoms with van der Waals surface area (Å²) in [6, 6.07) is 9.80. The van der Waals surface area contributed by atoms with E-state index in [1.165, 1.54) is 0 Å². The number of amides is 1. The standard InChI is InChI=1S/C15H18ClN3O2/c1-11-13(15(21)17-8-5-9-20)14(16)19(18-11)10-12-6-3-2-4-7-12/h2-4,6-7,20H,5,8-10H2,1H3,(H,17,21). The molecule has 0 bridgehead atoms. The molecule has 21 heavy (non-hydrogen) atoms. The smallest absolute Gasteiger partial charge is 0.256 e. The summed E-state index contributed by atoms with van der Waals surface area (Å²) in [6.07, 6.45) is 0.514. The monoisotopic (exact) mass is 307 g/mol. The Morgan fingerprint density at radius 2 is 2.10 bits per heavy atom. The molecule has 0 spiro atoms. The van der Waals surface area contributed by atoms with Gasteiger partial charge in [-0.1, -0.05) is 41.9 Å². The van der Waals surface area contributed by atoms with Crippen LogP contribution in [0.2, 0.25) is 5.15 Å². The first-order valence-corrected chi connectivity index (χ1v) is 7.17. The minimum Gasteiger partial charge on any atom is -0.396 e. The lowest BCUT2D eigenvalue weighted by Crippen LogP contribution is -2.25. The number of aliphatic hydroxyl groups excluding tert-OH is 1. The van der Waals surface area contributed by atoms with Crippen LogP contribution in [-0.4, -0.2) is 33.9 Å². The fraction of sp³-hybridized carbons (Fsp3) is 0.333. The van der Waals surface area contributed by atoms with Crippen LogP contribution in [0.25, 0.3) is 0 Å². The van der Waals surface area contributed by atoms with E-state index < -0.39 is 0 Å². The van der Waals surface area contributed by atoms with Gasteiger partial charge in [-0.15, -0.1) is 0 Å². The lowest BCUT2D eigenvalue weighted by atomic mass is 10.2. The van der Waals surface area contributed by atoms with Crippen molar-refractivity contribution in [2.45, 2.75) is 19.9 Å². The van der Waals surface area contributed by atoms with Crippen LogP contribution < -0.4 is 5.32 Å². The van der Waals surface area contributed by atoms with Crippen LogP contribution in [0.5, 0.6) is 0 Å². The van der Waals surface area contributed by atoms with Crippen LogP contribution in [0, 0.1) is 6.92 Å². The van der Waals surface area contributed by atoms with Gasteiger partial charge in [0.2, 0.25) is 0 Å². The third kappa shape index (κ3) is 3.83. The summed E-state index contributed by atoms with van der Waals surface area (Å²) >= 11 is 6.28. The van der Waals surface area contributed by atoms with Crippen molar-refractivity contribution in [3.05, 3.63) is 52.3 Å². The highest BCUT2D eigenvalue weighted by atomic mass is 35.5. The maximum absolute atomic E-state index is 12.1. The molecule has 5 nitrogen and oxygen atoms in total. The second kappa shape index (κ2) is 7.24. The number of aromatic nitrogens is 2. The van der Waals surface area contributed by atoms with Gasteiger partial charge in [-0.2, -0.15) is 5.10 Å². The molecule has 0 aliphatic heterocycles. The van der Waals surface area contributed by atoms with Crippen LogP contribution in [0.3, 0.4) is 0 Å². The molecule has 0 radical (unpaired) electrons. The van der Waals surface area contributed by atoms with E-state index >= 15 is 0 Å². The lowest BCUT2D eigenvalue weighted by molar-refractivity contribution is 0.0950. The van der Waals surface area contributed by atoms with Crippen molar-refractivity contribution >= 4 is 17.5 Å². The third-order valence-electron chi connectivity index (χ3n) is 3.09. The second-order valence-electron chi connectivity index (χ2n) is 4.73. The summed E-state index contributed by atoms with van der Waals surface area (Å²) in [4.78, 5) is 12.1. The maximum Gasteiger partial charge on any atom is 0.256 e. The molecule has 2 N–H and O–H groups in total. The van der Waals surface area contributed by atoms with Crippen LogP contribution in [0.4, 0.5) is 0 Å². The van der Waals surface area contributed by atoms with Crippen molar-refractivity contribution < 1.29 is 9.90 Å². The first kappa shape index (κ1) is 15.5. The summed E-state index contributed by atoms with van der Waals surface area (Å²) in [7, 11) is 0. The van der Waals surface area contributed by atoms with Crippen LogP contribution in [0.15, 0.2) is 30.3 Å². The number of halogens is 1. The molecule has 2 aromatic rings. The van der Waals surface area contributed by atoms with Crippen molar-refractivity contribution in [2.75, 3.05) is 13.2 Å². The second-order valence-corrected chi connectivity index (χ2v) is 5.09. The number of benzene rings is 1. The van der Waals surface area contributed by atoms with Gasteiger partial charge >= 0.3 is 0 Å². The molecule has 0 aliphatic rings. The molecule has 1 aromatic carbocycles. The number of rotatable bonds is 6. The molecule has 1 heterocycles. The highest BCUT2D eigenvalue weighted by Gasteiger charge is 2.19. The number of hydrogen-bond acceptors (Lipinski definition) is 3. The van der Waals surface area contributed by atoms with Gasteiger partial charge < -0.3 is 10.4 Å². The highest BCUT2D eigenvalue weighted by Crippen LogP contribution is 2.20. The average Bonchev–Trinajstić information content (AvgIpc) is 2.75. The molecule has 0 unspecified atom stereocenters. The predicted molar refractivity (Wildman–Crippen MR) is 81.6 cm³/mol. The molecule has 2 rings (SSSR count). The van der Waals surface area contributed by atoms with Crippen molar-refractivity contribution in [3.63, 3.8) is 0 Å². The first-order valence-electron chi connectivity index (χ1n) is 6.79. The lowest BCUT2D eigenvalue weighted by Gasteiger charge is -2.05. The minimum atomic E-state index is -0.259. The van der Waals surface area contributed by atoms with Crippen LogP contribution in [-0.2, 0) is 6.54 Å². The Kier molecular flexibility index (Phi) is 5.36. The van der Waals surface area contributed by atoms with Gasteiger partial charge in [-0.25, -0.2) is 4.68 Å². The zero-order valence-corrected chi connectivity index (χ0v) is 12.6. The number of carbonyl (C=O) groups excluding carboxylic acids is 1. The zero-order chi connectivity index (χ0) is 15.2. The molecule has 0 fully saturated rings. The summed E-state index contributed by atoms with van der Waals surface area (Å²) in [6.45, 7) is 2.73. The van der Waals surface area contributed by atoms with Crippen molar-refractivity contribution in [1.29, 1.82) is 0 Å². The number of carbonyl (C=O) groups is 1. The van der Waals surface area contributed by atoms with E-state index in [-0.39, 0.29) is 12.5 Å². The Balaban J connectivity index is 2.15. The van der Waals surface area contributed by atoms with E-state index in [2.05, 4.69) is 10.4 Å². The number of hydrogen-bond donors (Lipinski definition) is 2. The van der Waals surface area contributed by atoms with Gasteiger partial charge in [0.05, 0.1) is 17.8 Å². The van der Waals surface area contributed by atoms with Crippen LogP contribution >= 0.6 is 11.6 Å². The van der Waals surface area contributed by atoms with Crippen LogP contribution in [0.1, 0.15) is 28.0 Å². The van der Waals surface area contributed by atoms with Crippen molar-refractivity contribution in [1.82, 2.24) is 15.1 Å². The Bertz CT molecular complexity index is 611. The van der Waals surface area contributed by atoms with Gasteiger partial charge in [0.25, 0.3) is 5.91 Å². The molecule has 0 atom stereocenters. The molecule has 0 saturated heterocycles. The van der Waals surface area contributed by atoms with Gasteiger partial charge in [0.1, 0.15) is 5.15 Å². The zero-order valence-electron chi connectivity index (χ0n) is 11.8. The molecule has 1 aromatic heterocycles. The number of aryl methyl sites for hydroxylation is 1. The first-order chi connectivity index (χ1) is 10.1. The van der Waals surface area contributed by atoms with Gasteiger partial charge in [0, 0.05) is 13.2 Å². The Labute approximate surface area is 128 Å². The molecule has 6 heteroatoms. The molecule has 1 amide bonds. The highest BCUT2D eigenvalue weighted by molar-refractivity contribution is 6.33. The molecule has 0 saturated carbocycles. The molecule has 0 aliphatic carbocycles. The summed E-state index contributed by atoms with van der Waals surface area (Å²) in [5.41, 5.74) is 2.05. The Morgan fingerprint density at radius 3 is 2.76 bits per heavy atom. The van der Waals surface area contributed by atoms with Crippen molar-refractivity contribution in [3.8, 4) is 0 Å². The minimum absolute atomic E-state index is 0.0419. The van der Waals surface area contributed by atoms with E-state index in [1.54, 1.807) is 11.6 Å². The molecular weight excluding hydrogens is 290 g/mol. The van der Waals surface area contributed by atoms with Gasteiger partial charge in [0.15, 0.2) is 0 Å². The fourth-order valence-corrected chi connectivity index (χ4v) is 2.36. The van der Waals surface area contributed by atoms with Gasteiger partial charge in [-0.05, 0) is 18.9 Å². The summed E-state index contributed by atoms with van der Waals surface area (Å²) in [5.74, 6) is -0.259. The largest absolute Gasteiger partial charge is 0.396 e. The normalized spacial score (nSPS) is 10.6. The Hall–Kier alpha value is -1.85. The Morgan fingerprint density at radius 1 is 1.38 bits per heavy atom. The fourth-order valence-electron chi connectivity index (χ4n) is 2.04.